The highest BCUT2D eigenvalue weighted by Gasteiger charge is 2.03. The zero-order valence-corrected chi connectivity index (χ0v) is 10.9. The summed E-state index contributed by atoms with van der Waals surface area (Å²) in [6, 6.07) is 13.0. The molecule has 0 spiro atoms. The molecule has 0 unspecified atom stereocenters. The molecule has 3 rings (SSSR count). The Morgan fingerprint density at radius 2 is 2.05 bits per heavy atom. The van der Waals surface area contributed by atoms with E-state index in [1.807, 2.05) is 18.2 Å². The van der Waals surface area contributed by atoms with Gasteiger partial charge in [-0.1, -0.05) is 18.2 Å². The van der Waals surface area contributed by atoms with Crippen LogP contribution >= 0.6 is 0 Å². The summed E-state index contributed by atoms with van der Waals surface area (Å²) < 4.78 is 18.4. The summed E-state index contributed by atoms with van der Waals surface area (Å²) in [5, 5.41) is 2.55. The summed E-state index contributed by atoms with van der Waals surface area (Å²) in [6.45, 7) is 0. The SMILES string of the molecule is O=C(/C=C/c1nc2ccccc2o1)Nc1cccc(F)c1. The van der Waals surface area contributed by atoms with Gasteiger partial charge in [-0.05, 0) is 30.3 Å². The number of amides is 1. The molecule has 0 saturated heterocycles. The highest BCUT2D eigenvalue weighted by Crippen LogP contribution is 2.15. The molecule has 0 bridgehead atoms. The van der Waals surface area contributed by atoms with Crippen molar-refractivity contribution in [1.82, 2.24) is 4.98 Å². The summed E-state index contributed by atoms with van der Waals surface area (Å²) >= 11 is 0. The van der Waals surface area contributed by atoms with Crippen molar-refractivity contribution in [3.63, 3.8) is 0 Å². The molecule has 0 radical (unpaired) electrons. The van der Waals surface area contributed by atoms with E-state index < -0.39 is 5.82 Å². The van der Waals surface area contributed by atoms with Gasteiger partial charge in [0.05, 0.1) is 0 Å². The van der Waals surface area contributed by atoms with Crippen molar-refractivity contribution in [3.8, 4) is 0 Å². The van der Waals surface area contributed by atoms with Gasteiger partial charge in [0.2, 0.25) is 11.8 Å². The fraction of sp³-hybridized carbons (Fsp3) is 0. The largest absolute Gasteiger partial charge is 0.437 e. The second kappa shape index (κ2) is 5.58. The molecular weight excluding hydrogens is 271 g/mol. The van der Waals surface area contributed by atoms with Crippen LogP contribution < -0.4 is 5.32 Å². The van der Waals surface area contributed by atoms with Gasteiger partial charge in [-0.15, -0.1) is 0 Å². The van der Waals surface area contributed by atoms with Crippen LogP contribution in [0, 0.1) is 5.82 Å². The first-order chi connectivity index (χ1) is 10.2. The quantitative estimate of drug-likeness (QED) is 0.746. The van der Waals surface area contributed by atoms with E-state index in [9.17, 15) is 9.18 Å². The Morgan fingerprint density at radius 3 is 2.86 bits per heavy atom. The average Bonchev–Trinajstić information content (AvgIpc) is 2.88. The van der Waals surface area contributed by atoms with E-state index in [1.54, 1.807) is 12.1 Å². The number of carbonyl (C=O) groups excluding carboxylic acids is 1. The molecule has 2 aromatic carbocycles. The van der Waals surface area contributed by atoms with Gasteiger partial charge in [-0.2, -0.15) is 0 Å². The number of benzene rings is 2. The molecule has 0 aliphatic rings. The summed E-state index contributed by atoms with van der Waals surface area (Å²) in [5.74, 6) is -0.454. The van der Waals surface area contributed by atoms with Crippen LogP contribution in [0.4, 0.5) is 10.1 Å². The van der Waals surface area contributed by atoms with Gasteiger partial charge < -0.3 is 9.73 Å². The Bertz CT molecular complexity index is 791. The first-order valence-electron chi connectivity index (χ1n) is 6.31. The fourth-order valence-corrected chi connectivity index (χ4v) is 1.86. The van der Waals surface area contributed by atoms with Crippen LogP contribution in [0.2, 0.25) is 0 Å². The zero-order valence-electron chi connectivity index (χ0n) is 10.9. The predicted octanol–water partition coefficient (Wildman–Crippen LogP) is 3.62. The van der Waals surface area contributed by atoms with E-state index >= 15 is 0 Å². The number of aromatic nitrogens is 1. The third kappa shape index (κ3) is 3.14. The minimum absolute atomic E-state index is 0.339. The molecule has 0 atom stereocenters. The van der Waals surface area contributed by atoms with Crippen LogP contribution in [0.3, 0.4) is 0 Å². The Hall–Kier alpha value is -2.95. The molecule has 1 heterocycles. The molecule has 1 amide bonds. The summed E-state index contributed by atoms with van der Waals surface area (Å²) in [5.41, 5.74) is 1.77. The molecule has 4 nitrogen and oxygen atoms in total. The molecule has 3 aromatic rings. The summed E-state index contributed by atoms with van der Waals surface area (Å²) in [4.78, 5) is 15.9. The van der Waals surface area contributed by atoms with Gasteiger partial charge in [0.25, 0.3) is 0 Å². The maximum Gasteiger partial charge on any atom is 0.248 e. The lowest BCUT2D eigenvalue weighted by Crippen LogP contribution is -2.07. The van der Waals surface area contributed by atoms with Gasteiger partial charge in [0.15, 0.2) is 5.58 Å². The van der Waals surface area contributed by atoms with Gasteiger partial charge in [0.1, 0.15) is 11.3 Å². The standard InChI is InChI=1S/C16H11FN2O2/c17-11-4-3-5-12(10-11)18-15(20)8-9-16-19-13-6-1-2-7-14(13)21-16/h1-10H,(H,18,20)/b9-8+. The number of rotatable bonds is 3. The number of hydrogen-bond acceptors (Lipinski definition) is 3. The van der Waals surface area contributed by atoms with Gasteiger partial charge >= 0.3 is 0 Å². The van der Waals surface area contributed by atoms with E-state index in [2.05, 4.69) is 10.3 Å². The van der Waals surface area contributed by atoms with Crippen molar-refractivity contribution in [1.29, 1.82) is 0 Å². The minimum Gasteiger partial charge on any atom is -0.437 e. The van der Waals surface area contributed by atoms with Crippen molar-refractivity contribution in [3.05, 3.63) is 66.3 Å². The Labute approximate surface area is 119 Å². The summed E-state index contributed by atoms with van der Waals surface area (Å²) in [7, 11) is 0. The lowest BCUT2D eigenvalue weighted by atomic mass is 10.3. The molecule has 21 heavy (non-hydrogen) atoms. The number of anilines is 1. The molecule has 104 valence electrons. The number of oxazole rings is 1. The van der Waals surface area contributed by atoms with E-state index in [4.69, 9.17) is 4.42 Å². The topological polar surface area (TPSA) is 55.1 Å². The van der Waals surface area contributed by atoms with Crippen LogP contribution in [0.1, 0.15) is 5.89 Å². The summed E-state index contributed by atoms with van der Waals surface area (Å²) in [6.07, 6.45) is 2.75. The second-order valence-electron chi connectivity index (χ2n) is 4.35. The lowest BCUT2D eigenvalue weighted by Gasteiger charge is -2.00. The monoisotopic (exact) mass is 282 g/mol. The van der Waals surface area contributed by atoms with Crippen LogP contribution in [-0.2, 0) is 4.79 Å². The molecule has 1 aromatic heterocycles. The Kier molecular flexibility index (Phi) is 3.47. The first-order valence-corrected chi connectivity index (χ1v) is 6.31. The van der Waals surface area contributed by atoms with E-state index in [0.29, 0.717) is 17.2 Å². The zero-order chi connectivity index (χ0) is 14.7. The van der Waals surface area contributed by atoms with Crippen molar-refractivity contribution in [2.75, 3.05) is 5.32 Å². The first kappa shape index (κ1) is 13.1. The van der Waals surface area contributed by atoms with E-state index in [0.717, 1.165) is 5.52 Å². The van der Waals surface area contributed by atoms with Gasteiger partial charge in [-0.3, -0.25) is 4.79 Å². The average molecular weight is 282 g/mol. The van der Waals surface area contributed by atoms with Crippen molar-refractivity contribution in [2.45, 2.75) is 0 Å². The molecular formula is C16H11FN2O2. The maximum atomic E-state index is 13.0. The Morgan fingerprint density at radius 1 is 1.19 bits per heavy atom. The smallest absolute Gasteiger partial charge is 0.248 e. The predicted molar refractivity (Wildman–Crippen MR) is 78.1 cm³/mol. The number of nitrogens with one attached hydrogen (secondary N) is 1. The van der Waals surface area contributed by atoms with Crippen molar-refractivity contribution >= 4 is 28.8 Å². The highest BCUT2D eigenvalue weighted by molar-refractivity contribution is 6.01. The van der Waals surface area contributed by atoms with Crippen molar-refractivity contribution in [2.24, 2.45) is 0 Å². The van der Waals surface area contributed by atoms with Crippen LogP contribution in [0.25, 0.3) is 17.2 Å². The lowest BCUT2D eigenvalue weighted by molar-refractivity contribution is -0.111. The fourth-order valence-electron chi connectivity index (χ4n) is 1.86. The van der Waals surface area contributed by atoms with Crippen molar-refractivity contribution < 1.29 is 13.6 Å². The van der Waals surface area contributed by atoms with Gasteiger partial charge in [-0.25, -0.2) is 9.37 Å². The third-order valence-corrected chi connectivity index (χ3v) is 2.78. The molecule has 0 fully saturated rings. The molecule has 5 heteroatoms. The molecule has 1 N–H and O–H groups in total. The van der Waals surface area contributed by atoms with Crippen LogP contribution in [0.5, 0.6) is 0 Å². The molecule has 0 saturated carbocycles. The minimum atomic E-state index is -0.407. The molecule has 0 aliphatic carbocycles. The number of fused-ring (bicyclic) bond motifs is 1. The van der Waals surface area contributed by atoms with Crippen LogP contribution in [-0.4, -0.2) is 10.9 Å². The van der Waals surface area contributed by atoms with Crippen LogP contribution in [0.15, 0.2) is 59.0 Å². The van der Waals surface area contributed by atoms with Gasteiger partial charge in [0, 0.05) is 17.8 Å². The molecule has 0 aliphatic heterocycles. The number of halogens is 1. The highest BCUT2D eigenvalue weighted by atomic mass is 19.1. The third-order valence-electron chi connectivity index (χ3n) is 2.78. The maximum absolute atomic E-state index is 13.0. The number of para-hydroxylation sites is 2. The Balaban J connectivity index is 1.71. The number of carbonyl (C=O) groups is 1. The van der Waals surface area contributed by atoms with E-state index in [-0.39, 0.29) is 5.91 Å². The number of hydrogen-bond donors (Lipinski definition) is 1. The number of nitrogens with zero attached hydrogens (tertiary/aromatic N) is 1. The second-order valence-corrected chi connectivity index (χ2v) is 4.35. The van der Waals surface area contributed by atoms with E-state index in [1.165, 1.54) is 30.4 Å². The normalized spacial score (nSPS) is 11.1.